The molecule has 2 aliphatic carbocycles. The highest BCUT2D eigenvalue weighted by Crippen LogP contribution is 2.44. The molecule has 6 heteroatoms. The number of nitrogens with zero attached hydrogens (tertiary/aromatic N) is 1. The number of fused-ring (bicyclic) bond motifs is 2. The Balaban J connectivity index is 1.26. The summed E-state index contributed by atoms with van der Waals surface area (Å²) in [5.74, 6) is 1.87. The molecule has 140 valence electrons. The molecule has 3 unspecified atom stereocenters. The molecule has 2 N–H and O–H groups in total. The van der Waals surface area contributed by atoms with Crippen LogP contribution in [0.15, 0.2) is 24.3 Å². The summed E-state index contributed by atoms with van der Waals surface area (Å²) in [7, 11) is 0. The van der Waals surface area contributed by atoms with Gasteiger partial charge in [-0.15, -0.1) is 0 Å². The van der Waals surface area contributed by atoms with Crippen LogP contribution >= 0.6 is 12.2 Å². The molecule has 26 heavy (non-hydrogen) atoms. The molecular weight excluding hydrogens is 346 g/mol. The van der Waals surface area contributed by atoms with Crippen LogP contribution in [-0.4, -0.2) is 48.3 Å². The quantitative estimate of drug-likeness (QED) is 0.795. The van der Waals surface area contributed by atoms with Crippen molar-refractivity contribution >= 4 is 28.9 Å². The first-order chi connectivity index (χ1) is 12.7. The van der Waals surface area contributed by atoms with Crippen LogP contribution in [0.3, 0.4) is 0 Å². The molecule has 0 aromatic heterocycles. The molecule has 1 aromatic rings. The second-order valence-corrected chi connectivity index (χ2v) is 8.15. The normalized spacial score (nSPS) is 27.4. The van der Waals surface area contributed by atoms with Gasteiger partial charge in [-0.1, -0.05) is 18.6 Å². The molecule has 3 fully saturated rings. The number of carbonyl (C=O) groups is 1. The molecule has 1 aromatic carbocycles. The SMILES string of the molecule is O=C(Cc1ccc(NC(=S)NC2CC3CCC2C3)cc1)N1CCOCC1. The molecule has 2 saturated carbocycles. The Hall–Kier alpha value is -1.66. The number of carbonyl (C=O) groups excluding carboxylic acids is 1. The van der Waals surface area contributed by atoms with E-state index >= 15 is 0 Å². The first-order valence-corrected chi connectivity index (χ1v) is 10.1. The van der Waals surface area contributed by atoms with Crippen molar-refractivity contribution in [1.29, 1.82) is 0 Å². The Morgan fingerprint density at radius 3 is 2.58 bits per heavy atom. The maximum absolute atomic E-state index is 12.3. The van der Waals surface area contributed by atoms with Crippen molar-refractivity contribution in [1.82, 2.24) is 10.2 Å². The largest absolute Gasteiger partial charge is 0.378 e. The average Bonchev–Trinajstić information content (AvgIpc) is 3.27. The maximum atomic E-state index is 12.3. The van der Waals surface area contributed by atoms with E-state index in [0.29, 0.717) is 43.9 Å². The number of amides is 1. The Labute approximate surface area is 160 Å². The summed E-state index contributed by atoms with van der Waals surface area (Å²) in [5.41, 5.74) is 1.99. The minimum atomic E-state index is 0.169. The first kappa shape index (κ1) is 17.7. The highest BCUT2D eigenvalue weighted by Gasteiger charge is 2.39. The van der Waals surface area contributed by atoms with E-state index in [1.165, 1.54) is 25.7 Å². The highest BCUT2D eigenvalue weighted by atomic mass is 32.1. The Bertz CT molecular complexity index is 658. The van der Waals surface area contributed by atoms with E-state index in [2.05, 4.69) is 10.6 Å². The summed E-state index contributed by atoms with van der Waals surface area (Å²) in [6, 6.07) is 8.54. The molecule has 0 spiro atoms. The van der Waals surface area contributed by atoms with Gasteiger partial charge in [0.25, 0.3) is 0 Å². The molecule has 5 nitrogen and oxygen atoms in total. The molecular formula is C20H27N3O2S. The smallest absolute Gasteiger partial charge is 0.227 e. The third-order valence-electron chi connectivity index (χ3n) is 5.99. The predicted molar refractivity (Wildman–Crippen MR) is 106 cm³/mol. The molecule has 2 bridgehead atoms. The maximum Gasteiger partial charge on any atom is 0.227 e. The lowest BCUT2D eigenvalue weighted by Crippen LogP contribution is -2.41. The van der Waals surface area contributed by atoms with Crippen molar-refractivity contribution in [3.63, 3.8) is 0 Å². The van der Waals surface area contributed by atoms with Crippen molar-refractivity contribution in [2.75, 3.05) is 31.6 Å². The van der Waals surface area contributed by atoms with Crippen LogP contribution in [0, 0.1) is 11.8 Å². The van der Waals surface area contributed by atoms with Gasteiger partial charge >= 0.3 is 0 Å². The Morgan fingerprint density at radius 2 is 1.92 bits per heavy atom. The molecule has 1 heterocycles. The summed E-state index contributed by atoms with van der Waals surface area (Å²) < 4.78 is 5.30. The fraction of sp³-hybridized carbons (Fsp3) is 0.600. The van der Waals surface area contributed by atoms with Gasteiger partial charge in [-0.05, 0) is 61.0 Å². The number of hydrogen-bond acceptors (Lipinski definition) is 3. The number of ether oxygens (including phenoxy) is 1. The molecule has 3 atom stereocenters. The van der Waals surface area contributed by atoms with Crippen LogP contribution in [0.25, 0.3) is 0 Å². The number of thiocarbonyl (C=S) groups is 1. The number of nitrogens with one attached hydrogen (secondary N) is 2. The Kier molecular flexibility index (Phi) is 5.41. The number of morpholine rings is 1. The van der Waals surface area contributed by atoms with Crippen LogP contribution in [-0.2, 0) is 16.0 Å². The van der Waals surface area contributed by atoms with Crippen molar-refractivity contribution in [3.8, 4) is 0 Å². The molecule has 1 amide bonds. The zero-order valence-electron chi connectivity index (χ0n) is 15.1. The number of anilines is 1. The molecule has 3 aliphatic rings. The summed E-state index contributed by atoms with van der Waals surface area (Å²) in [6.07, 6.45) is 5.81. The van der Waals surface area contributed by atoms with Crippen LogP contribution in [0.5, 0.6) is 0 Å². The zero-order valence-corrected chi connectivity index (χ0v) is 15.9. The van der Waals surface area contributed by atoms with Gasteiger partial charge in [-0.2, -0.15) is 0 Å². The predicted octanol–water partition coefficient (Wildman–Crippen LogP) is 2.56. The monoisotopic (exact) mass is 373 g/mol. The van der Waals surface area contributed by atoms with E-state index < -0.39 is 0 Å². The van der Waals surface area contributed by atoms with Crippen molar-refractivity contribution in [2.24, 2.45) is 11.8 Å². The van der Waals surface area contributed by atoms with Gasteiger partial charge in [0.2, 0.25) is 5.91 Å². The second-order valence-electron chi connectivity index (χ2n) is 7.75. The van der Waals surface area contributed by atoms with E-state index in [4.69, 9.17) is 17.0 Å². The van der Waals surface area contributed by atoms with Crippen molar-refractivity contribution in [3.05, 3.63) is 29.8 Å². The first-order valence-electron chi connectivity index (χ1n) is 9.69. The van der Waals surface area contributed by atoms with Gasteiger partial charge in [0.15, 0.2) is 5.11 Å². The summed E-state index contributed by atoms with van der Waals surface area (Å²) >= 11 is 5.48. The van der Waals surface area contributed by atoms with Crippen LogP contribution in [0.1, 0.15) is 31.2 Å². The van der Waals surface area contributed by atoms with E-state index in [9.17, 15) is 4.79 Å². The summed E-state index contributed by atoms with van der Waals surface area (Å²) in [4.78, 5) is 14.2. The lowest BCUT2D eigenvalue weighted by Gasteiger charge is -2.27. The fourth-order valence-electron chi connectivity index (χ4n) is 4.56. The van der Waals surface area contributed by atoms with Crippen LogP contribution in [0.2, 0.25) is 0 Å². The van der Waals surface area contributed by atoms with Crippen LogP contribution < -0.4 is 10.6 Å². The van der Waals surface area contributed by atoms with Gasteiger partial charge in [-0.25, -0.2) is 0 Å². The van der Waals surface area contributed by atoms with Gasteiger partial charge < -0.3 is 20.3 Å². The van der Waals surface area contributed by atoms with Crippen LogP contribution in [0.4, 0.5) is 5.69 Å². The number of hydrogen-bond donors (Lipinski definition) is 2. The fourth-order valence-corrected chi connectivity index (χ4v) is 4.83. The number of benzene rings is 1. The summed E-state index contributed by atoms with van der Waals surface area (Å²) in [6.45, 7) is 2.67. The summed E-state index contributed by atoms with van der Waals surface area (Å²) in [5, 5.41) is 7.49. The van der Waals surface area contributed by atoms with Crippen molar-refractivity contribution in [2.45, 2.75) is 38.1 Å². The minimum absolute atomic E-state index is 0.169. The van der Waals surface area contributed by atoms with Gasteiger partial charge in [-0.3, -0.25) is 4.79 Å². The molecule has 1 saturated heterocycles. The Morgan fingerprint density at radius 1 is 1.15 bits per heavy atom. The van der Waals surface area contributed by atoms with E-state index in [1.807, 2.05) is 29.2 Å². The third kappa shape index (κ3) is 4.18. The van der Waals surface area contributed by atoms with Gasteiger partial charge in [0.1, 0.15) is 0 Å². The minimum Gasteiger partial charge on any atom is -0.378 e. The third-order valence-corrected chi connectivity index (χ3v) is 6.21. The lowest BCUT2D eigenvalue weighted by molar-refractivity contribution is -0.134. The van der Waals surface area contributed by atoms with E-state index in [-0.39, 0.29) is 5.91 Å². The van der Waals surface area contributed by atoms with E-state index in [1.54, 1.807) is 0 Å². The molecule has 4 rings (SSSR count). The van der Waals surface area contributed by atoms with Crippen molar-refractivity contribution < 1.29 is 9.53 Å². The highest BCUT2D eigenvalue weighted by molar-refractivity contribution is 7.80. The standard InChI is InChI=1S/C20H27N3O2S/c24-19(23-7-9-25-10-8-23)13-14-2-5-17(6-3-14)21-20(26)22-18-12-15-1-4-16(18)11-15/h2-3,5-6,15-16,18H,1,4,7-13H2,(H2,21,22,26). The average molecular weight is 374 g/mol. The van der Waals surface area contributed by atoms with Gasteiger partial charge in [0.05, 0.1) is 19.6 Å². The zero-order chi connectivity index (χ0) is 17.9. The van der Waals surface area contributed by atoms with E-state index in [0.717, 1.165) is 23.1 Å². The lowest BCUT2D eigenvalue weighted by atomic mass is 9.96. The number of rotatable bonds is 4. The second kappa shape index (κ2) is 7.92. The molecule has 1 aliphatic heterocycles. The molecule has 0 radical (unpaired) electrons. The topological polar surface area (TPSA) is 53.6 Å². The van der Waals surface area contributed by atoms with Gasteiger partial charge in [0, 0.05) is 24.8 Å².